The Bertz CT molecular complexity index is 1890. The minimum absolute atomic E-state index is 0.0174. The Hall–Kier alpha value is -3.24. The Kier molecular flexibility index (Phi) is 12.3. The lowest BCUT2D eigenvalue weighted by atomic mass is 9.96. The van der Waals surface area contributed by atoms with Crippen LogP contribution in [0, 0.1) is 6.92 Å². The molecule has 1 aliphatic heterocycles. The van der Waals surface area contributed by atoms with Gasteiger partial charge in [0.05, 0.1) is 18.0 Å². The molecule has 1 spiro atoms. The number of sulfonamides is 1. The maximum atomic E-state index is 14.5. The van der Waals surface area contributed by atoms with Crippen molar-refractivity contribution in [1.82, 2.24) is 10.1 Å². The predicted molar refractivity (Wildman–Crippen MR) is 196 cm³/mol. The highest BCUT2D eigenvalue weighted by Gasteiger charge is 2.49. The van der Waals surface area contributed by atoms with Gasteiger partial charge in [-0.3, -0.25) is 19.4 Å². The number of anilines is 1. The van der Waals surface area contributed by atoms with E-state index in [-0.39, 0.29) is 50.6 Å². The van der Waals surface area contributed by atoms with Crippen LogP contribution in [0.4, 0.5) is 19.0 Å². The Balaban J connectivity index is 1.54. The van der Waals surface area contributed by atoms with Crippen molar-refractivity contribution < 1.29 is 40.4 Å². The lowest BCUT2D eigenvalue weighted by molar-refractivity contribution is -0.330. The van der Waals surface area contributed by atoms with Crippen molar-refractivity contribution in [2.75, 3.05) is 17.6 Å². The number of amidine groups is 1. The van der Waals surface area contributed by atoms with Gasteiger partial charge in [0.1, 0.15) is 23.1 Å². The molecule has 52 heavy (non-hydrogen) atoms. The second-order valence-corrected chi connectivity index (χ2v) is 22.4. The zero-order valence-corrected chi connectivity index (χ0v) is 32.8. The van der Waals surface area contributed by atoms with Crippen LogP contribution in [0.2, 0.25) is 30.7 Å². The quantitative estimate of drug-likeness (QED) is 0.0809. The van der Waals surface area contributed by atoms with Crippen molar-refractivity contribution in [3.05, 3.63) is 64.4 Å². The number of benzene rings is 2. The van der Waals surface area contributed by atoms with Crippen LogP contribution < -0.4 is 4.31 Å². The van der Waals surface area contributed by atoms with Crippen LogP contribution in [-0.4, -0.2) is 63.5 Å². The minimum atomic E-state index is -4.95. The summed E-state index contributed by atoms with van der Waals surface area (Å²) in [5.74, 6) is 0.636. The lowest BCUT2D eigenvalue weighted by Crippen LogP contribution is -2.40. The molecule has 1 saturated carbocycles. The Morgan fingerprint density at radius 1 is 1.10 bits per heavy atom. The summed E-state index contributed by atoms with van der Waals surface area (Å²) in [6, 6.07) is 11.6. The molecule has 2 aliphatic rings. The van der Waals surface area contributed by atoms with Crippen LogP contribution in [0.1, 0.15) is 68.8 Å². The molecule has 1 aliphatic carbocycles. The number of hydrogen-bond donors (Lipinski definition) is 0. The summed E-state index contributed by atoms with van der Waals surface area (Å²) in [6.07, 6.45) is 0.574. The number of nitrogens with zero attached hydrogens (tertiary/aromatic N) is 4. The molecule has 2 heterocycles. The van der Waals surface area contributed by atoms with Crippen molar-refractivity contribution in [2.45, 2.75) is 114 Å². The van der Waals surface area contributed by atoms with Gasteiger partial charge in [-0.05, 0) is 55.0 Å². The van der Waals surface area contributed by atoms with Crippen molar-refractivity contribution in [1.29, 1.82) is 0 Å². The molecule has 0 unspecified atom stereocenters. The van der Waals surface area contributed by atoms with Crippen LogP contribution in [0.3, 0.4) is 0 Å². The van der Waals surface area contributed by atoms with Crippen LogP contribution >= 0.6 is 11.6 Å². The number of carbonyl (C=O) groups is 1. The fourth-order valence-corrected chi connectivity index (χ4v) is 8.96. The van der Waals surface area contributed by atoms with Crippen molar-refractivity contribution >= 4 is 47.3 Å². The number of aliphatic imine (C=N–C) groups is 1. The molecule has 0 bridgehead atoms. The van der Waals surface area contributed by atoms with Crippen molar-refractivity contribution in [3.8, 4) is 11.1 Å². The van der Waals surface area contributed by atoms with Gasteiger partial charge in [0.25, 0.3) is 15.9 Å². The molecule has 10 nitrogen and oxygen atoms in total. The van der Waals surface area contributed by atoms with E-state index in [0.717, 1.165) is 36.0 Å². The van der Waals surface area contributed by atoms with Crippen LogP contribution in [0.15, 0.2) is 56.9 Å². The van der Waals surface area contributed by atoms with E-state index in [4.69, 9.17) is 25.9 Å². The van der Waals surface area contributed by atoms with Crippen molar-refractivity contribution in [3.63, 3.8) is 0 Å². The number of ether oxygens (including phenoxy) is 2. The average molecular weight is 783 g/mol. The maximum absolute atomic E-state index is 14.5. The first-order valence-electron chi connectivity index (χ1n) is 17.5. The predicted octanol–water partition coefficient (Wildman–Crippen LogP) is 9.09. The summed E-state index contributed by atoms with van der Waals surface area (Å²) in [5.41, 5.74) is 0.202. The molecule has 3 aromatic rings. The fourth-order valence-electron chi connectivity index (χ4n) is 6.48. The highest BCUT2D eigenvalue weighted by atomic mass is 35.5. The Labute approximate surface area is 309 Å². The standard InChI is InChI=1S/C36H46ClF3N4O6SSi/c1-6-7-14-31-41-35(17-10-11-18-35)34(45)43(31)22-26-15-16-28(27(21-26)23-49-36(38,39)40)29-12-8-9-13-30(29)51(46,47)44(24-48-19-20-52(3,4)5)33-32(37)25(2)50-42-33/h8-9,12-13,15-16,21H,6-7,10-11,14,17-20,22-24H2,1-5H3. The third-order valence-electron chi connectivity index (χ3n) is 9.35. The van der Waals surface area contributed by atoms with Gasteiger partial charge in [-0.2, -0.15) is 0 Å². The molecule has 1 aromatic heterocycles. The third kappa shape index (κ3) is 9.09. The summed E-state index contributed by atoms with van der Waals surface area (Å²) < 4.78 is 85.8. The number of alkyl halides is 3. The van der Waals surface area contributed by atoms with Gasteiger partial charge in [0.15, 0.2) is 5.76 Å². The largest absolute Gasteiger partial charge is 0.522 e. The molecule has 16 heteroatoms. The topological polar surface area (TPSA) is 115 Å². The first-order valence-corrected chi connectivity index (χ1v) is 23.0. The van der Waals surface area contributed by atoms with E-state index < -0.39 is 43.3 Å². The van der Waals surface area contributed by atoms with Gasteiger partial charge in [-0.25, -0.2) is 12.7 Å². The molecule has 1 amide bonds. The van der Waals surface area contributed by atoms with E-state index in [0.29, 0.717) is 37.3 Å². The van der Waals surface area contributed by atoms with Gasteiger partial charge >= 0.3 is 6.36 Å². The van der Waals surface area contributed by atoms with E-state index in [1.807, 2.05) is 0 Å². The summed E-state index contributed by atoms with van der Waals surface area (Å²) in [7, 11) is -6.02. The first kappa shape index (κ1) is 40.0. The normalized spacial score (nSPS) is 16.3. The van der Waals surface area contributed by atoms with Gasteiger partial charge < -0.3 is 9.26 Å². The number of rotatable bonds is 16. The van der Waals surface area contributed by atoms with Gasteiger partial charge in [-0.1, -0.05) is 99.0 Å². The SMILES string of the molecule is CCCCC1=NC2(CCCC2)C(=O)N1Cc1ccc(-c2ccccc2S(=O)(=O)N(COCC[Si](C)(C)C)c2noc(C)c2Cl)c(COC(F)(F)F)c1. The molecule has 1 fully saturated rings. The second-order valence-electron chi connectivity index (χ2n) is 14.6. The number of aryl methyl sites for hydroxylation is 1. The molecular formula is C36H46ClF3N4O6SSi. The monoisotopic (exact) mass is 782 g/mol. The number of unbranched alkanes of at least 4 members (excludes halogenated alkanes) is 1. The van der Waals surface area contributed by atoms with E-state index in [1.165, 1.54) is 24.3 Å². The summed E-state index contributed by atoms with van der Waals surface area (Å²) >= 11 is 6.45. The van der Waals surface area contributed by atoms with Crippen LogP contribution in [0.25, 0.3) is 11.1 Å². The molecule has 5 rings (SSSR count). The average Bonchev–Trinajstić information content (AvgIpc) is 3.76. The van der Waals surface area contributed by atoms with Crippen molar-refractivity contribution in [2.24, 2.45) is 4.99 Å². The fraction of sp³-hybridized carbons (Fsp3) is 0.528. The first-order chi connectivity index (χ1) is 24.5. The summed E-state index contributed by atoms with van der Waals surface area (Å²) in [5, 5.41) is 3.89. The molecule has 2 aromatic carbocycles. The Morgan fingerprint density at radius 2 is 1.81 bits per heavy atom. The number of aromatic nitrogens is 1. The highest BCUT2D eigenvalue weighted by molar-refractivity contribution is 7.93. The molecule has 284 valence electrons. The highest BCUT2D eigenvalue weighted by Crippen LogP contribution is 2.41. The molecule has 0 atom stereocenters. The van der Waals surface area contributed by atoms with E-state index in [2.05, 4.69) is 36.5 Å². The molecule has 0 saturated heterocycles. The molecule has 0 radical (unpaired) electrons. The van der Waals surface area contributed by atoms with Gasteiger partial charge in [0.2, 0.25) is 5.82 Å². The van der Waals surface area contributed by atoms with E-state index in [9.17, 15) is 26.4 Å². The molecular weight excluding hydrogens is 737 g/mol. The van der Waals surface area contributed by atoms with Crippen LogP contribution in [0.5, 0.6) is 0 Å². The van der Waals surface area contributed by atoms with Gasteiger partial charge in [-0.15, -0.1) is 13.2 Å². The van der Waals surface area contributed by atoms with Crippen LogP contribution in [-0.2, 0) is 37.4 Å². The second kappa shape index (κ2) is 16.0. The number of carbonyl (C=O) groups excluding carboxylic acids is 1. The number of hydrogen-bond acceptors (Lipinski definition) is 8. The zero-order chi connectivity index (χ0) is 37.9. The third-order valence-corrected chi connectivity index (χ3v) is 13.3. The summed E-state index contributed by atoms with van der Waals surface area (Å²) in [4.78, 5) is 20.1. The van der Waals surface area contributed by atoms with E-state index >= 15 is 0 Å². The lowest BCUT2D eigenvalue weighted by Gasteiger charge is -2.25. The molecule has 0 N–H and O–H groups in total. The smallest absolute Gasteiger partial charge is 0.360 e. The number of amides is 1. The minimum Gasteiger partial charge on any atom is -0.360 e. The maximum Gasteiger partial charge on any atom is 0.522 e. The zero-order valence-electron chi connectivity index (χ0n) is 30.2. The summed E-state index contributed by atoms with van der Waals surface area (Å²) in [6.45, 7) is 9.17. The number of halogens is 4. The van der Waals surface area contributed by atoms with Gasteiger partial charge in [0, 0.05) is 26.7 Å². The Morgan fingerprint density at radius 3 is 2.44 bits per heavy atom. The van der Waals surface area contributed by atoms with E-state index in [1.54, 1.807) is 30.0 Å².